The third-order valence-electron chi connectivity index (χ3n) is 4.51. The number of carbonyl (C=O) groups is 1. The molecule has 0 atom stereocenters. The zero-order chi connectivity index (χ0) is 16.7. The molecule has 3 nitrogen and oxygen atoms in total. The van der Waals surface area contributed by atoms with Crippen molar-refractivity contribution < 1.29 is 4.79 Å². The fraction of sp³-hybridized carbons (Fsp3) is 0.200. The Morgan fingerprint density at radius 3 is 2.71 bits per heavy atom. The van der Waals surface area contributed by atoms with Gasteiger partial charge in [0.2, 0.25) is 0 Å². The quantitative estimate of drug-likeness (QED) is 0.523. The lowest BCUT2D eigenvalue weighted by molar-refractivity contribution is 0.0775. The number of hydrogen-bond donors (Lipinski definition) is 0. The van der Waals surface area contributed by atoms with Gasteiger partial charge in [-0.15, -0.1) is 11.3 Å². The van der Waals surface area contributed by atoms with Crippen LogP contribution in [0.15, 0.2) is 47.8 Å². The van der Waals surface area contributed by atoms with Crippen LogP contribution in [0.3, 0.4) is 0 Å². The Kier molecular flexibility index (Phi) is 3.69. The number of carbonyl (C=O) groups excluding carboxylic acids is 1. The number of nitrogens with zero attached hydrogens (tertiary/aromatic N) is 2. The summed E-state index contributed by atoms with van der Waals surface area (Å²) in [5.74, 6) is 0.0823. The molecule has 0 aliphatic rings. The Morgan fingerprint density at radius 2 is 1.92 bits per heavy atom. The van der Waals surface area contributed by atoms with Crippen molar-refractivity contribution in [1.29, 1.82) is 0 Å². The van der Waals surface area contributed by atoms with E-state index in [0.717, 1.165) is 37.5 Å². The molecule has 0 saturated carbocycles. The van der Waals surface area contributed by atoms with Gasteiger partial charge in [0.25, 0.3) is 5.91 Å². The lowest BCUT2D eigenvalue weighted by Gasteiger charge is -2.19. The molecule has 0 fully saturated rings. The molecule has 0 unspecified atom stereocenters. The molecule has 1 amide bonds. The SMILES string of the molecule is CCN(CC)C(=O)c1cc2cccsc2c2nc3ccccc3c12. The smallest absolute Gasteiger partial charge is 0.254 e. The molecule has 0 saturated heterocycles. The summed E-state index contributed by atoms with van der Waals surface area (Å²) in [5.41, 5.74) is 2.65. The molecule has 0 N–H and O–H groups in total. The lowest BCUT2D eigenvalue weighted by Crippen LogP contribution is -2.30. The molecule has 4 rings (SSSR count). The van der Waals surface area contributed by atoms with E-state index >= 15 is 0 Å². The summed E-state index contributed by atoms with van der Waals surface area (Å²) in [6.45, 7) is 5.45. The molecule has 2 heterocycles. The molecule has 2 aromatic heterocycles. The van der Waals surface area contributed by atoms with Crippen LogP contribution in [0.25, 0.3) is 31.9 Å². The highest BCUT2D eigenvalue weighted by Gasteiger charge is 2.21. The van der Waals surface area contributed by atoms with Crippen molar-refractivity contribution in [3.05, 3.63) is 53.4 Å². The zero-order valence-corrected chi connectivity index (χ0v) is 14.6. The fourth-order valence-corrected chi connectivity index (χ4v) is 4.12. The molecular weight excluding hydrogens is 316 g/mol. The molecular formula is C20H18N2OS. The molecule has 4 aromatic rings. The van der Waals surface area contributed by atoms with E-state index in [-0.39, 0.29) is 5.91 Å². The van der Waals surface area contributed by atoms with Gasteiger partial charge in [-0.3, -0.25) is 4.79 Å². The summed E-state index contributed by atoms with van der Waals surface area (Å²) in [6, 6.07) is 14.2. The summed E-state index contributed by atoms with van der Waals surface area (Å²) in [6.07, 6.45) is 0. The Balaban J connectivity index is 2.15. The van der Waals surface area contributed by atoms with Crippen LogP contribution in [0.5, 0.6) is 0 Å². The Morgan fingerprint density at radius 1 is 1.12 bits per heavy atom. The second-order valence-corrected chi connectivity index (χ2v) is 6.70. The van der Waals surface area contributed by atoms with Gasteiger partial charge in [-0.2, -0.15) is 0 Å². The average Bonchev–Trinajstić information content (AvgIpc) is 3.02. The maximum absolute atomic E-state index is 13.1. The van der Waals surface area contributed by atoms with Gasteiger partial charge in [-0.05, 0) is 36.7 Å². The van der Waals surface area contributed by atoms with Crippen molar-refractivity contribution in [2.24, 2.45) is 0 Å². The van der Waals surface area contributed by atoms with E-state index in [0.29, 0.717) is 13.1 Å². The normalized spacial score (nSPS) is 11.4. The van der Waals surface area contributed by atoms with Crippen LogP contribution >= 0.6 is 11.3 Å². The number of rotatable bonds is 3. The first kappa shape index (κ1) is 15.1. The number of amides is 1. The second-order valence-electron chi connectivity index (χ2n) is 5.79. The molecule has 0 radical (unpaired) electrons. The highest BCUT2D eigenvalue weighted by atomic mass is 32.1. The van der Waals surface area contributed by atoms with Crippen LogP contribution in [0.4, 0.5) is 0 Å². The molecule has 120 valence electrons. The van der Waals surface area contributed by atoms with Crippen LogP contribution in [-0.2, 0) is 0 Å². The minimum absolute atomic E-state index is 0.0823. The Bertz CT molecular complexity index is 1060. The molecule has 0 spiro atoms. The standard InChI is InChI=1S/C20H18N2OS/c1-3-22(4-2)20(23)15-12-13-8-7-11-24-19(13)18-17(15)14-9-5-6-10-16(14)21-18/h5-12H,3-4H2,1-2H3. The zero-order valence-electron chi connectivity index (χ0n) is 13.7. The van der Waals surface area contributed by atoms with E-state index in [1.54, 1.807) is 11.3 Å². The monoisotopic (exact) mass is 334 g/mol. The summed E-state index contributed by atoms with van der Waals surface area (Å²) in [7, 11) is 0. The van der Waals surface area contributed by atoms with Gasteiger partial charge in [0, 0.05) is 23.9 Å². The van der Waals surface area contributed by atoms with Crippen LogP contribution in [0, 0.1) is 0 Å². The van der Waals surface area contributed by atoms with Crippen LogP contribution in [-0.4, -0.2) is 28.9 Å². The largest absolute Gasteiger partial charge is 0.339 e. The number of benzene rings is 2. The van der Waals surface area contributed by atoms with Crippen LogP contribution in [0.1, 0.15) is 24.2 Å². The predicted octanol–water partition coefficient (Wildman–Crippen LogP) is 5.08. The first-order chi connectivity index (χ1) is 11.7. The molecule has 2 aromatic carbocycles. The van der Waals surface area contributed by atoms with Crippen LogP contribution < -0.4 is 0 Å². The number of fused-ring (bicyclic) bond motifs is 5. The highest BCUT2D eigenvalue weighted by molar-refractivity contribution is 7.17. The third-order valence-corrected chi connectivity index (χ3v) is 5.47. The van der Waals surface area contributed by atoms with Crippen LogP contribution in [0.2, 0.25) is 0 Å². The van der Waals surface area contributed by atoms with Crippen molar-refractivity contribution in [3.63, 3.8) is 0 Å². The maximum atomic E-state index is 13.1. The molecule has 24 heavy (non-hydrogen) atoms. The van der Waals surface area contributed by atoms with Gasteiger partial charge < -0.3 is 4.90 Å². The Hall–Kier alpha value is -2.46. The first-order valence-electron chi connectivity index (χ1n) is 8.22. The average molecular weight is 334 g/mol. The van der Waals surface area contributed by atoms with E-state index in [9.17, 15) is 4.79 Å². The Labute approximate surface area is 144 Å². The summed E-state index contributed by atoms with van der Waals surface area (Å²) in [5, 5.41) is 5.18. The number of aromatic nitrogens is 1. The maximum Gasteiger partial charge on any atom is 0.254 e. The van der Waals surface area contributed by atoms with Crippen molar-refractivity contribution in [1.82, 2.24) is 9.88 Å². The minimum atomic E-state index is 0.0823. The summed E-state index contributed by atoms with van der Waals surface area (Å²) >= 11 is 1.67. The van der Waals surface area contributed by atoms with E-state index in [2.05, 4.69) is 17.5 Å². The topological polar surface area (TPSA) is 33.2 Å². The van der Waals surface area contributed by atoms with Crippen molar-refractivity contribution in [2.75, 3.05) is 13.1 Å². The molecule has 4 heteroatoms. The highest BCUT2D eigenvalue weighted by Crippen LogP contribution is 2.36. The molecule has 0 bridgehead atoms. The summed E-state index contributed by atoms with van der Waals surface area (Å²) in [4.78, 5) is 19.8. The van der Waals surface area contributed by atoms with Crippen molar-refractivity contribution in [3.8, 4) is 0 Å². The van der Waals surface area contributed by atoms with Gasteiger partial charge in [0.1, 0.15) is 0 Å². The van der Waals surface area contributed by atoms with Gasteiger partial charge in [-0.25, -0.2) is 4.98 Å². The van der Waals surface area contributed by atoms with Crippen molar-refractivity contribution in [2.45, 2.75) is 13.8 Å². The minimum Gasteiger partial charge on any atom is -0.339 e. The third kappa shape index (κ3) is 2.18. The predicted molar refractivity (Wildman–Crippen MR) is 102 cm³/mol. The van der Waals surface area contributed by atoms with Gasteiger partial charge >= 0.3 is 0 Å². The first-order valence-corrected chi connectivity index (χ1v) is 9.10. The second kappa shape index (κ2) is 5.87. The number of hydrogen-bond acceptors (Lipinski definition) is 3. The van der Waals surface area contributed by atoms with Crippen molar-refractivity contribution >= 4 is 49.1 Å². The van der Waals surface area contributed by atoms with E-state index < -0.39 is 0 Å². The van der Waals surface area contributed by atoms with E-state index in [1.807, 2.05) is 49.1 Å². The van der Waals surface area contributed by atoms with E-state index in [4.69, 9.17) is 4.98 Å². The fourth-order valence-electron chi connectivity index (χ4n) is 3.30. The summed E-state index contributed by atoms with van der Waals surface area (Å²) < 4.78 is 1.14. The molecule has 0 aliphatic heterocycles. The van der Waals surface area contributed by atoms with Gasteiger partial charge in [-0.1, -0.05) is 30.3 Å². The van der Waals surface area contributed by atoms with E-state index in [1.165, 1.54) is 0 Å². The van der Waals surface area contributed by atoms with Gasteiger partial charge in [0.05, 0.1) is 21.3 Å². The lowest BCUT2D eigenvalue weighted by atomic mass is 10.0. The number of para-hydroxylation sites is 1. The van der Waals surface area contributed by atoms with Gasteiger partial charge in [0.15, 0.2) is 0 Å². The molecule has 0 aliphatic carbocycles.